The Morgan fingerprint density at radius 3 is 2.41 bits per heavy atom. The first-order valence-electron chi connectivity index (χ1n) is 8.28. The van der Waals surface area contributed by atoms with E-state index in [1.54, 1.807) is 55.6 Å². The van der Waals surface area contributed by atoms with Crippen molar-refractivity contribution in [1.82, 2.24) is 16.2 Å². The molecule has 8 heteroatoms. The minimum Gasteiger partial charge on any atom is -0.497 e. The van der Waals surface area contributed by atoms with Crippen molar-refractivity contribution in [1.29, 1.82) is 0 Å². The highest BCUT2D eigenvalue weighted by atomic mass is 32.1. The SMILES string of the molecule is CCOc1ccccc1C(=O)NC(=S)NNC(=O)Cc1ccc(OC)cc1. The summed E-state index contributed by atoms with van der Waals surface area (Å²) in [7, 11) is 1.58. The molecule has 0 radical (unpaired) electrons. The van der Waals surface area contributed by atoms with Gasteiger partial charge in [0.05, 0.1) is 25.7 Å². The zero-order valence-corrected chi connectivity index (χ0v) is 15.9. The van der Waals surface area contributed by atoms with Crippen molar-refractivity contribution in [3.8, 4) is 11.5 Å². The third kappa shape index (κ3) is 6.27. The number of para-hydroxylation sites is 1. The third-order valence-electron chi connectivity index (χ3n) is 3.50. The lowest BCUT2D eigenvalue weighted by atomic mass is 10.1. The maximum atomic E-state index is 12.3. The first-order valence-corrected chi connectivity index (χ1v) is 8.69. The Kier molecular flexibility index (Phi) is 7.57. The molecule has 142 valence electrons. The average Bonchev–Trinajstić information content (AvgIpc) is 2.67. The second-order valence-corrected chi connectivity index (χ2v) is 5.82. The van der Waals surface area contributed by atoms with E-state index in [1.807, 2.05) is 6.92 Å². The quantitative estimate of drug-likeness (QED) is 0.519. The number of thiocarbonyl (C=S) groups is 1. The van der Waals surface area contributed by atoms with Crippen molar-refractivity contribution < 1.29 is 19.1 Å². The van der Waals surface area contributed by atoms with Crippen LogP contribution in [0.2, 0.25) is 0 Å². The van der Waals surface area contributed by atoms with E-state index in [-0.39, 0.29) is 17.4 Å². The summed E-state index contributed by atoms with van der Waals surface area (Å²) in [5, 5.41) is 2.48. The number of hydrogen-bond acceptors (Lipinski definition) is 5. The van der Waals surface area contributed by atoms with Gasteiger partial charge in [-0.1, -0.05) is 24.3 Å². The molecule has 0 saturated carbocycles. The highest BCUT2D eigenvalue weighted by Crippen LogP contribution is 2.17. The van der Waals surface area contributed by atoms with E-state index in [4.69, 9.17) is 21.7 Å². The summed E-state index contributed by atoms with van der Waals surface area (Å²) in [5.41, 5.74) is 6.13. The van der Waals surface area contributed by atoms with Gasteiger partial charge in [0.1, 0.15) is 11.5 Å². The second-order valence-electron chi connectivity index (χ2n) is 5.41. The average molecular weight is 387 g/mol. The van der Waals surface area contributed by atoms with Crippen molar-refractivity contribution >= 4 is 29.1 Å². The molecule has 2 rings (SSSR count). The molecule has 27 heavy (non-hydrogen) atoms. The zero-order valence-electron chi connectivity index (χ0n) is 15.1. The number of ether oxygens (including phenoxy) is 2. The normalized spacial score (nSPS) is 9.85. The lowest BCUT2D eigenvalue weighted by Gasteiger charge is -2.13. The van der Waals surface area contributed by atoms with Crippen molar-refractivity contribution in [3.05, 3.63) is 59.7 Å². The van der Waals surface area contributed by atoms with Crippen LogP contribution in [0.3, 0.4) is 0 Å². The fourth-order valence-corrected chi connectivity index (χ4v) is 2.38. The lowest BCUT2D eigenvalue weighted by Crippen LogP contribution is -2.48. The summed E-state index contributed by atoms with van der Waals surface area (Å²) >= 11 is 5.04. The van der Waals surface area contributed by atoms with Crippen LogP contribution >= 0.6 is 12.2 Å². The van der Waals surface area contributed by atoms with E-state index in [2.05, 4.69) is 16.2 Å². The number of nitrogens with one attached hydrogen (secondary N) is 3. The lowest BCUT2D eigenvalue weighted by molar-refractivity contribution is -0.121. The van der Waals surface area contributed by atoms with Crippen LogP contribution in [0.4, 0.5) is 0 Å². The summed E-state index contributed by atoms with van der Waals surface area (Å²) in [6.45, 7) is 2.27. The first-order chi connectivity index (χ1) is 13.0. The fraction of sp³-hybridized carbons (Fsp3) is 0.211. The molecule has 0 aliphatic rings. The molecule has 7 nitrogen and oxygen atoms in total. The van der Waals surface area contributed by atoms with Gasteiger partial charge in [-0.3, -0.25) is 25.8 Å². The second kappa shape index (κ2) is 10.1. The van der Waals surface area contributed by atoms with Crippen LogP contribution in [0.5, 0.6) is 11.5 Å². The summed E-state index contributed by atoms with van der Waals surface area (Å²) in [6.07, 6.45) is 0.153. The molecule has 2 aromatic carbocycles. The maximum absolute atomic E-state index is 12.3. The molecule has 2 amide bonds. The highest BCUT2D eigenvalue weighted by Gasteiger charge is 2.13. The molecular formula is C19H21N3O4S. The maximum Gasteiger partial charge on any atom is 0.261 e. The van der Waals surface area contributed by atoms with Gasteiger partial charge in [0.15, 0.2) is 5.11 Å². The van der Waals surface area contributed by atoms with Gasteiger partial charge in [-0.05, 0) is 49.0 Å². The summed E-state index contributed by atoms with van der Waals surface area (Å²) in [6, 6.07) is 14.0. The molecule has 0 spiro atoms. The van der Waals surface area contributed by atoms with Gasteiger partial charge in [-0.25, -0.2) is 0 Å². The summed E-state index contributed by atoms with van der Waals surface area (Å²) in [5.74, 6) is 0.449. The van der Waals surface area contributed by atoms with E-state index >= 15 is 0 Å². The number of hydrogen-bond donors (Lipinski definition) is 3. The predicted molar refractivity (Wildman–Crippen MR) is 106 cm³/mol. The zero-order chi connectivity index (χ0) is 19.6. The standard InChI is InChI=1S/C19H21N3O4S/c1-3-26-16-7-5-4-6-15(16)18(24)20-19(27)22-21-17(23)12-13-8-10-14(25-2)11-9-13/h4-11H,3,12H2,1-2H3,(H,21,23)(H2,20,22,24,27). The molecule has 0 aliphatic carbocycles. The van der Waals surface area contributed by atoms with E-state index in [0.29, 0.717) is 23.7 Å². The van der Waals surface area contributed by atoms with Crippen LogP contribution in [-0.2, 0) is 11.2 Å². The number of benzene rings is 2. The molecule has 2 aromatic rings. The predicted octanol–water partition coefficient (Wildman–Crippen LogP) is 1.97. The molecule has 0 atom stereocenters. The number of carbonyl (C=O) groups excluding carboxylic acids is 2. The molecule has 0 bridgehead atoms. The van der Waals surface area contributed by atoms with Crippen molar-refractivity contribution in [2.45, 2.75) is 13.3 Å². The highest BCUT2D eigenvalue weighted by molar-refractivity contribution is 7.80. The summed E-state index contributed by atoms with van der Waals surface area (Å²) < 4.78 is 10.5. The van der Waals surface area contributed by atoms with Crippen LogP contribution in [-0.4, -0.2) is 30.6 Å². The number of amides is 2. The monoisotopic (exact) mass is 387 g/mol. The molecule has 0 aromatic heterocycles. The number of methoxy groups -OCH3 is 1. The largest absolute Gasteiger partial charge is 0.497 e. The molecule has 0 fully saturated rings. The van der Waals surface area contributed by atoms with Crippen LogP contribution in [0, 0.1) is 0 Å². The van der Waals surface area contributed by atoms with Gasteiger partial charge in [0.2, 0.25) is 5.91 Å². The Bertz CT molecular complexity index is 809. The Balaban J connectivity index is 1.83. The van der Waals surface area contributed by atoms with E-state index in [9.17, 15) is 9.59 Å². The molecular weight excluding hydrogens is 366 g/mol. The van der Waals surface area contributed by atoms with E-state index < -0.39 is 5.91 Å². The van der Waals surface area contributed by atoms with Crippen molar-refractivity contribution in [3.63, 3.8) is 0 Å². The number of rotatable bonds is 6. The minimum atomic E-state index is -0.430. The van der Waals surface area contributed by atoms with Crippen LogP contribution < -0.4 is 25.6 Å². The van der Waals surface area contributed by atoms with Crippen LogP contribution in [0.1, 0.15) is 22.8 Å². The van der Waals surface area contributed by atoms with Gasteiger partial charge >= 0.3 is 0 Å². The van der Waals surface area contributed by atoms with Crippen molar-refractivity contribution in [2.75, 3.05) is 13.7 Å². The van der Waals surface area contributed by atoms with Gasteiger partial charge in [-0.15, -0.1) is 0 Å². The first kappa shape index (κ1) is 20.2. The van der Waals surface area contributed by atoms with E-state index in [1.165, 1.54) is 0 Å². The molecule has 0 unspecified atom stereocenters. The van der Waals surface area contributed by atoms with Crippen LogP contribution in [0.15, 0.2) is 48.5 Å². The number of hydrazine groups is 1. The topological polar surface area (TPSA) is 88.7 Å². The van der Waals surface area contributed by atoms with Gasteiger partial charge in [0.25, 0.3) is 5.91 Å². The van der Waals surface area contributed by atoms with Gasteiger partial charge in [0, 0.05) is 0 Å². The Morgan fingerprint density at radius 2 is 1.74 bits per heavy atom. The van der Waals surface area contributed by atoms with E-state index in [0.717, 1.165) is 5.56 Å². The Labute approximate surface area is 163 Å². The van der Waals surface area contributed by atoms with Crippen LogP contribution in [0.25, 0.3) is 0 Å². The molecule has 0 aliphatic heterocycles. The molecule has 3 N–H and O–H groups in total. The Hall–Kier alpha value is -3.13. The summed E-state index contributed by atoms with van der Waals surface area (Å²) in [4.78, 5) is 24.3. The fourth-order valence-electron chi connectivity index (χ4n) is 2.24. The third-order valence-corrected chi connectivity index (χ3v) is 3.70. The Morgan fingerprint density at radius 1 is 1.04 bits per heavy atom. The van der Waals surface area contributed by atoms with Gasteiger partial charge in [-0.2, -0.15) is 0 Å². The molecule has 0 saturated heterocycles. The minimum absolute atomic E-state index is 0.0191. The molecule has 0 heterocycles. The number of carbonyl (C=O) groups is 2. The smallest absolute Gasteiger partial charge is 0.261 e. The van der Waals surface area contributed by atoms with Gasteiger partial charge < -0.3 is 9.47 Å². The van der Waals surface area contributed by atoms with Crippen molar-refractivity contribution in [2.24, 2.45) is 0 Å².